The van der Waals surface area contributed by atoms with Crippen LogP contribution in [-0.4, -0.2) is 46.9 Å². The Kier molecular flexibility index (Phi) is 6.56. The maximum Gasteiger partial charge on any atom is 0.308 e. The van der Waals surface area contributed by atoms with Crippen LogP contribution in [0.2, 0.25) is 0 Å². The van der Waals surface area contributed by atoms with Crippen molar-refractivity contribution in [3.05, 3.63) is 29.8 Å². The van der Waals surface area contributed by atoms with Gasteiger partial charge in [-0.1, -0.05) is 19.1 Å². The maximum absolute atomic E-state index is 12.4. The third-order valence-corrected chi connectivity index (χ3v) is 4.24. The van der Waals surface area contributed by atoms with Crippen molar-refractivity contribution in [2.24, 2.45) is 5.92 Å². The Bertz CT molecular complexity index is 638. The Hall–Kier alpha value is -2.37. The first-order valence-electron chi connectivity index (χ1n) is 8.64. The van der Waals surface area contributed by atoms with Gasteiger partial charge in [0.2, 0.25) is 5.91 Å². The summed E-state index contributed by atoms with van der Waals surface area (Å²) in [7, 11) is 0. The van der Waals surface area contributed by atoms with E-state index in [2.05, 4.69) is 0 Å². The Morgan fingerprint density at radius 3 is 2.64 bits per heavy atom. The molecule has 6 nitrogen and oxygen atoms in total. The molecule has 1 aromatic rings. The zero-order valence-electron chi connectivity index (χ0n) is 14.7. The van der Waals surface area contributed by atoms with Crippen LogP contribution in [-0.2, 0) is 9.59 Å². The highest BCUT2D eigenvalue weighted by Crippen LogP contribution is 2.28. The van der Waals surface area contributed by atoms with Crippen LogP contribution in [0, 0.1) is 5.92 Å². The Labute approximate surface area is 147 Å². The van der Waals surface area contributed by atoms with E-state index in [0.29, 0.717) is 30.8 Å². The van der Waals surface area contributed by atoms with Crippen molar-refractivity contribution >= 4 is 17.7 Å². The van der Waals surface area contributed by atoms with Crippen LogP contribution in [0.1, 0.15) is 49.9 Å². The fraction of sp³-hybridized carbons (Fsp3) is 0.526. The second kappa shape index (κ2) is 8.65. The lowest BCUT2D eigenvalue weighted by Crippen LogP contribution is -2.38. The van der Waals surface area contributed by atoms with Gasteiger partial charge in [-0.05, 0) is 38.3 Å². The zero-order valence-corrected chi connectivity index (χ0v) is 14.7. The van der Waals surface area contributed by atoms with Crippen molar-refractivity contribution < 1.29 is 24.2 Å². The average Bonchev–Trinajstić information content (AvgIpc) is 3.41. The van der Waals surface area contributed by atoms with E-state index in [1.807, 2.05) is 0 Å². The van der Waals surface area contributed by atoms with Gasteiger partial charge >= 0.3 is 5.97 Å². The monoisotopic (exact) mass is 347 g/mol. The van der Waals surface area contributed by atoms with Gasteiger partial charge in [-0.3, -0.25) is 14.4 Å². The Morgan fingerprint density at radius 1 is 1.32 bits per heavy atom. The van der Waals surface area contributed by atoms with Gasteiger partial charge in [-0.15, -0.1) is 0 Å². The Morgan fingerprint density at radius 2 is 2.04 bits per heavy atom. The van der Waals surface area contributed by atoms with Crippen LogP contribution in [0.3, 0.4) is 0 Å². The summed E-state index contributed by atoms with van der Waals surface area (Å²) < 4.78 is 5.61. The minimum Gasteiger partial charge on any atom is -0.494 e. The summed E-state index contributed by atoms with van der Waals surface area (Å²) in [5, 5.41) is 9.03. The summed E-state index contributed by atoms with van der Waals surface area (Å²) in [4.78, 5) is 36.4. The van der Waals surface area contributed by atoms with Crippen molar-refractivity contribution in [2.75, 3.05) is 13.2 Å². The predicted molar refractivity (Wildman–Crippen MR) is 92.7 cm³/mol. The number of amides is 1. The van der Waals surface area contributed by atoms with E-state index in [0.717, 1.165) is 12.8 Å². The van der Waals surface area contributed by atoms with Crippen molar-refractivity contribution in [1.82, 2.24) is 4.90 Å². The topological polar surface area (TPSA) is 83.9 Å². The van der Waals surface area contributed by atoms with E-state index < -0.39 is 11.9 Å². The van der Waals surface area contributed by atoms with E-state index in [9.17, 15) is 14.4 Å². The molecule has 0 spiro atoms. The Balaban J connectivity index is 1.78. The lowest BCUT2D eigenvalue weighted by molar-refractivity contribution is -0.143. The lowest BCUT2D eigenvalue weighted by Gasteiger charge is -2.24. The number of hydrogen-bond acceptors (Lipinski definition) is 4. The van der Waals surface area contributed by atoms with E-state index >= 15 is 0 Å². The first-order valence-corrected chi connectivity index (χ1v) is 8.64. The molecule has 0 aliphatic heterocycles. The molecule has 25 heavy (non-hydrogen) atoms. The van der Waals surface area contributed by atoms with Gasteiger partial charge in [-0.25, -0.2) is 0 Å². The summed E-state index contributed by atoms with van der Waals surface area (Å²) >= 11 is 0. The lowest BCUT2D eigenvalue weighted by atomic mass is 10.1. The third kappa shape index (κ3) is 5.89. The second-order valence-electron chi connectivity index (χ2n) is 6.55. The van der Waals surface area contributed by atoms with Gasteiger partial charge in [0.25, 0.3) is 0 Å². The number of carbonyl (C=O) groups excluding carboxylic acids is 2. The summed E-state index contributed by atoms with van der Waals surface area (Å²) in [6, 6.07) is 7.16. The molecule has 0 bridgehead atoms. The highest BCUT2D eigenvalue weighted by atomic mass is 16.5. The third-order valence-electron chi connectivity index (χ3n) is 4.24. The minimum atomic E-state index is -0.882. The van der Waals surface area contributed by atoms with Crippen LogP contribution >= 0.6 is 0 Å². The molecule has 1 saturated carbocycles. The van der Waals surface area contributed by atoms with Gasteiger partial charge < -0.3 is 14.7 Å². The van der Waals surface area contributed by atoms with Crippen LogP contribution in [0.15, 0.2) is 24.3 Å². The number of carboxylic acid groups (broad SMARTS) is 1. The number of carboxylic acids is 1. The number of aliphatic carboxylic acids is 1. The average molecular weight is 347 g/mol. The van der Waals surface area contributed by atoms with Crippen molar-refractivity contribution in [3.63, 3.8) is 0 Å². The SMILES string of the molecule is CC(=O)c1cccc(OCCCC(=O)N(CC(C)C(=O)O)C2CC2)c1. The first-order chi connectivity index (χ1) is 11.9. The summed E-state index contributed by atoms with van der Waals surface area (Å²) in [5.41, 5.74) is 0.594. The molecule has 0 radical (unpaired) electrons. The standard InChI is InChI=1S/C19H25NO5/c1-13(19(23)24)12-20(16-8-9-16)18(22)7-4-10-25-17-6-3-5-15(11-17)14(2)21/h3,5-6,11,13,16H,4,7-10,12H2,1-2H3,(H,23,24). The van der Waals surface area contributed by atoms with Crippen LogP contribution in [0.25, 0.3) is 0 Å². The number of ether oxygens (including phenoxy) is 1. The molecule has 1 N–H and O–H groups in total. The number of nitrogens with zero attached hydrogens (tertiary/aromatic N) is 1. The molecule has 2 rings (SSSR count). The van der Waals surface area contributed by atoms with Crippen molar-refractivity contribution in [1.29, 1.82) is 0 Å². The molecule has 1 atom stereocenters. The molecule has 0 heterocycles. The molecule has 1 amide bonds. The van der Waals surface area contributed by atoms with Gasteiger partial charge in [0.05, 0.1) is 12.5 Å². The number of ketones is 1. The van der Waals surface area contributed by atoms with Crippen molar-refractivity contribution in [2.45, 2.75) is 45.6 Å². The molecule has 1 aliphatic rings. The number of benzene rings is 1. The quantitative estimate of drug-likeness (QED) is 0.520. The second-order valence-corrected chi connectivity index (χ2v) is 6.55. The first kappa shape index (κ1) is 19.0. The zero-order chi connectivity index (χ0) is 18.4. The van der Waals surface area contributed by atoms with E-state index in [1.54, 1.807) is 36.1 Å². The van der Waals surface area contributed by atoms with Crippen molar-refractivity contribution in [3.8, 4) is 5.75 Å². The molecule has 136 valence electrons. The molecule has 0 saturated heterocycles. The van der Waals surface area contributed by atoms with Crippen LogP contribution in [0.4, 0.5) is 0 Å². The van der Waals surface area contributed by atoms with Gasteiger partial charge in [0.15, 0.2) is 5.78 Å². The number of hydrogen-bond donors (Lipinski definition) is 1. The van der Waals surface area contributed by atoms with Gasteiger partial charge in [0, 0.05) is 24.6 Å². The van der Waals surface area contributed by atoms with Crippen LogP contribution in [0.5, 0.6) is 5.75 Å². The smallest absolute Gasteiger partial charge is 0.308 e. The fourth-order valence-corrected chi connectivity index (χ4v) is 2.58. The number of Topliss-reactive ketones (excluding diaryl/α,β-unsaturated/α-hetero) is 1. The molecule has 0 aromatic heterocycles. The normalized spacial score (nSPS) is 14.6. The molecule has 1 aliphatic carbocycles. The summed E-state index contributed by atoms with van der Waals surface area (Å²) in [6.45, 7) is 3.76. The summed E-state index contributed by atoms with van der Waals surface area (Å²) in [6.07, 6.45) is 2.78. The van der Waals surface area contributed by atoms with Gasteiger partial charge in [-0.2, -0.15) is 0 Å². The molecule has 1 aromatic carbocycles. The molecule has 1 fully saturated rings. The van der Waals surface area contributed by atoms with E-state index in [4.69, 9.17) is 9.84 Å². The van der Waals surface area contributed by atoms with E-state index in [1.165, 1.54) is 6.92 Å². The molecule has 1 unspecified atom stereocenters. The highest BCUT2D eigenvalue weighted by molar-refractivity contribution is 5.94. The van der Waals surface area contributed by atoms with Gasteiger partial charge in [0.1, 0.15) is 5.75 Å². The predicted octanol–water partition coefficient (Wildman–Crippen LogP) is 2.76. The molecular weight excluding hydrogens is 322 g/mol. The fourth-order valence-electron chi connectivity index (χ4n) is 2.58. The van der Waals surface area contributed by atoms with Crippen LogP contribution < -0.4 is 4.74 Å². The maximum atomic E-state index is 12.4. The minimum absolute atomic E-state index is 0.0170. The molecule has 6 heteroatoms. The number of carbonyl (C=O) groups is 3. The highest BCUT2D eigenvalue weighted by Gasteiger charge is 2.34. The largest absolute Gasteiger partial charge is 0.494 e. The number of rotatable bonds is 10. The van der Waals surface area contributed by atoms with E-state index in [-0.39, 0.29) is 24.3 Å². The summed E-state index contributed by atoms with van der Waals surface area (Å²) in [5.74, 6) is -0.870. The molecular formula is C19H25NO5.